The molecule has 3 aliphatic rings. The number of amides is 12. The van der Waals surface area contributed by atoms with Crippen LogP contribution in [0.15, 0.2) is 267 Å². The third-order valence-electron chi connectivity index (χ3n) is 18.4. The molecule has 592 valence electrons. The Balaban J connectivity index is 0.000000152. The number of fused-ring (bicyclic) bond motifs is 3. The Morgan fingerprint density at radius 1 is 0.417 bits per heavy atom. The van der Waals surface area contributed by atoms with Crippen molar-refractivity contribution >= 4 is 87.2 Å². The number of benzene rings is 11. The molecular formula is C91H96N12O12. The number of nitrogens with one attached hydrogen (secondary N) is 11. The van der Waals surface area contributed by atoms with Crippen molar-refractivity contribution < 1.29 is 59.0 Å². The molecule has 0 bridgehead atoms. The van der Waals surface area contributed by atoms with E-state index in [0.29, 0.717) is 82.2 Å². The monoisotopic (exact) mass is 1550 g/mol. The maximum absolute atomic E-state index is 12.1. The van der Waals surface area contributed by atoms with Gasteiger partial charge < -0.3 is 88.8 Å². The average molecular weight is 1550 g/mol. The van der Waals surface area contributed by atoms with Crippen molar-refractivity contribution in [2.24, 2.45) is 0 Å². The summed E-state index contributed by atoms with van der Waals surface area (Å²) in [6.45, 7) is 9.59. The maximum Gasteiger partial charge on any atom is 0.321 e. The minimum absolute atomic E-state index is 0.129. The summed E-state index contributed by atoms with van der Waals surface area (Å²) >= 11 is 0. The Morgan fingerprint density at radius 3 is 1.31 bits per heavy atom. The Kier molecular flexibility index (Phi) is 31.2. The molecule has 0 saturated carbocycles. The van der Waals surface area contributed by atoms with Crippen molar-refractivity contribution in [2.75, 3.05) is 77.3 Å². The summed E-state index contributed by atoms with van der Waals surface area (Å²) in [7, 11) is 0. The summed E-state index contributed by atoms with van der Waals surface area (Å²) in [5, 5.41) is 79.3. The molecule has 1 fully saturated rings. The Morgan fingerprint density at radius 2 is 0.826 bits per heavy atom. The highest BCUT2D eigenvalue weighted by atomic mass is 16.5. The van der Waals surface area contributed by atoms with Gasteiger partial charge in [-0.05, 0) is 243 Å². The quantitative estimate of drug-likeness (QED) is 0.0319. The number of carbonyl (C=O) groups excluding carboxylic acids is 6. The first-order valence-corrected chi connectivity index (χ1v) is 37.9. The van der Waals surface area contributed by atoms with E-state index in [4.69, 9.17) is 4.74 Å². The summed E-state index contributed by atoms with van der Waals surface area (Å²) in [6.07, 6.45) is 11.8. The summed E-state index contributed by atoms with van der Waals surface area (Å²) in [5.74, 6) is 2.53. The number of allylic oxidation sites excluding steroid dienone is 1. The topological polar surface area (TPSA) is 348 Å². The molecule has 2 heterocycles. The van der Waals surface area contributed by atoms with Crippen LogP contribution in [0.1, 0.15) is 62.9 Å². The van der Waals surface area contributed by atoms with Crippen LogP contribution in [0.4, 0.5) is 62.9 Å². The number of phenols is 5. The fraction of sp³-hybridized carbons (Fsp3) is 0.187. The predicted octanol–water partition coefficient (Wildman–Crippen LogP) is 16.6. The van der Waals surface area contributed by atoms with E-state index < -0.39 is 0 Å². The highest BCUT2D eigenvalue weighted by Crippen LogP contribution is 2.31. The molecule has 1 aliphatic carbocycles. The van der Waals surface area contributed by atoms with Gasteiger partial charge in [0, 0.05) is 85.2 Å². The lowest BCUT2D eigenvalue weighted by atomic mass is 9.90. The lowest BCUT2D eigenvalue weighted by Gasteiger charge is -2.19. The second kappa shape index (κ2) is 43.3. The molecule has 24 heteroatoms. The summed E-state index contributed by atoms with van der Waals surface area (Å²) < 4.78 is 5.49. The first kappa shape index (κ1) is 83.1. The van der Waals surface area contributed by atoms with Crippen LogP contribution < -0.4 is 68.1 Å². The van der Waals surface area contributed by atoms with Gasteiger partial charge in [-0.25, -0.2) is 28.8 Å². The Hall–Kier alpha value is -14.4. The first-order valence-electron chi connectivity index (χ1n) is 37.9. The number of phenolic OH excluding ortho intramolecular Hbond substituents is 5. The number of nitrogens with zero attached hydrogens (tertiary/aromatic N) is 1. The standard InChI is InChI=1S/C19H18N2O3.C19H22N2O2.C19H18N2O2.C18H20N4O3.C16H18N2O2/c1-13-2-5-15-12-16(6-9-18(15)24-13)21-19(23)20-11-10-14-3-7-17(22)8-4-14;2*22-16-10-8-14(9-11-16)12-13-20-19(23)21-18-7-3-5-15-4-1-2-6-17(15)18;23-16-6-4-13(5-7-16)8-9-19-17(24)21-14-2-1-3-15(12-14)22-11-10-20-18(22)25;1-12-2-6-14(7-3-12)18-16(20)17-11-10-13-4-8-15(19)9-5-13/h2-9,12,22H,1,10-11H2,(H2,20,21,23);3,5,7-11,22H,1-2,4,6,12-13H2,(H2,20,21,23);1-11,22H,12-13H2,(H2,20,21,23);1-7,12,23H,8-11H2,(H,20,25)(H2,19,21,24);2-9,19H,10-11H2,1H3,(H2,17,18,20). The van der Waals surface area contributed by atoms with Crippen LogP contribution in [0.5, 0.6) is 34.5 Å². The Bertz CT molecular complexity index is 5080. The van der Waals surface area contributed by atoms with E-state index in [1.807, 2.05) is 165 Å². The van der Waals surface area contributed by atoms with E-state index in [1.54, 1.807) is 102 Å². The first-order chi connectivity index (χ1) is 55.8. The molecule has 14 rings (SSSR count). The van der Waals surface area contributed by atoms with E-state index in [2.05, 4.69) is 71.1 Å². The molecule has 0 unspecified atom stereocenters. The number of carbonyl (C=O) groups is 6. The molecule has 16 N–H and O–H groups in total. The molecule has 0 spiro atoms. The molecule has 1 saturated heterocycles. The smallest absolute Gasteiger partial charge is 0.321 e. The SMILES string of the molecule is C=C1C=Cc2cc(NC(=O)NCCc3ccc(O)cc3)ccc2O1.Cc1ccc(NC(=O)NCCc2ccc(O)cc2)cc1.O=C(NCCc1ccc(O)cc1)Nc1cccc(N2CCNC2=O)c1.O=C(NCCc1ccc(O)cc1)Nc1cccc2c1CCCC2.O=C(NCCc1ccc(O)cc1)Nc1cccc2ccccc12. The van der Waals surface area contributed by atoms with Crippen LogP contribution in [-0.4, -0.2) is 108 Å². The average Bonchev–Trinajstić information content (AvgIpc) is 1.66. The minimum Gasteiger partial charge on any atom is -0.508 e. The van der Waals surface area contributed by atoms with Crippen LogP contribution in [0, 0.1) is 6.92 Å². The summed E-state index contributed by atoms with van der Waals surface area (Å²) in [6, 6.07) is 73.7. The molecule has 11 aromatic carbocycles. The Labute approximate surface area is 668 Å². The van der Waals surface area contributed by atoms with Gasteiger partial charge >= 0.3 is 36.2 Å². The van der Waals surface area contributed by atoms with Gasteiger partial charge in [0.25, 0.3) is 0 Å². The number of anilines is 6. The zero-order valence-corrected chi connectivity index (χ0v) is 63.9. The van der Waals surface area contributed by atoms with E-state index >= 15 is 0 Å². The van der Waals surface area contributed by atoms with Crippen molar-refractivity contribution in [3.05, 3.63) is 317 Å². The maximum atomic E-state index is 12.1. The molecule has 11 aromatic rings. The number of hydrogen-bond donors (Lipinski definition) is 16. The van der Waals surface area contributed by atoms with Crippen LogP contribution in [-0.2, 0) is 44.9 Å². The third kappa shape index (κ3) is 28.1. The van der Waals surface area contributed by atoms with Crippen molar-refractivity contribution in [1.82, 2.24) is 31.9 Å². The molecule has 0 aromatic heterocycles. The van der Waals surface area contributed by atoms with Crippen molar-refractivity contribution in [3.63, 3.8) is 0 Å². The second-order valence-electron chi connectivity index (χ2n) is 27.1. The highest BCUT2D eigenvalue weighted by molar-refractivity contribution is 6.02. The van der Waals surface area contributed by atoms with Gasteiger partial charge in [-0.1, -0.05) is 140 Å². The van der Waals surface area contributed by atoms with E-state index in [0.717, 1.165) is 104 Å². The van der Waals surface area contributed by atoms with Gasteiger partial charge in [-0.15, -0.1) is 0 Å². The van der Waals surface area contributed by atoms with Crippen LogP contribution in [0.2, 0.25) is 0 Å². The molecule has 2 aliphatic heterocycles. The fourth-order valence-electron chi connectivity index (χ4n) is 12.3. The number of hydrogen-bond acceptors (Lipinski definition) is 12. The summed E-state index contributed by atoms with van der Waals surface area (Å²) in [5.41, 5.74) is 14.6. The highest BCUT2D eigenvalue weighted by Gasteiger charge is 2.22. The number of aryl methyl sites for hydroxylation is 2. The summed E-state index contributed by atoms with van der Waals surface area (Å²) in [4.78, 5) is 73.1. The van der Waals surface area contributed by atoms with Crippen molar-refractivity contribution in [2.45, 2.75) is 64.7 Å². The number of aromatic hydroxyl groups is 5. The normalized spacial score (nSPS) is 12.0. The third-order valence-corrected chi connectivity index (χ3v) is 18.4. The van der Waals surface area contributed by atoms with Crippen molar-refractivity contribution in [3.8, 4) is 34.5 Å². The van der Waals surface area contributed by atoms with Gasteiger partial charge in [0.05, 0.1) is 5.69 Å². The zero-order valence-electron chi connectivity index (χ0n) is 63.9. The number of urea groups is 6. The van der Waals surface area contributed by atoms with Gasteiger partial charge in [-0.2, -0.15) is 0 Å². The predicted molar refractivity (Wildman–Crippen MR) is 455 cm³/mol. The fourth-order valence-corrected chi connectivity index (χ4v) is 12.3. The molecule has 12 amide bonds. The number of rotatable bonds is 21. The van der Waals surface area contributed by atoms with E-state index in [1.165, 1.54) is 24.0 Å². The van der Waals surface area contributed by atoms with E-state index in [9.17, 15) is 54.3 Å². The van der Waals surface area contributed by atoms with Gasteiger partial charge in [0.15, 0.2) is 0 Å². The van der Waals surface area contributed by atoms with Gasteiger partial charge in [0.2, 0.25) is 0 Å². The molecule has 0 atom stereocenters. The second-order valence-corrected chi connectivity index (χ2v) is 27.1. The van der Waals surface area contributed by atoms with Gasteiger partial charge in [-0.3, -0.25) is 4.90 Å². The minimum atomic E-state index is -0.304. The lowest BCUT2D eigenvalue weighted by Crippen LogP contribution is -2.31. The van der Waals surface area contributed by atoms with Crippen molar-refractivity contribution in [1.29, 1.82) is 0 Å². The zero-order chi connectivity index (χ0) is 81.1. The van der Waals surface area contributed by atoms with E-state index in [-0.39, 0.29) is 64.9 Å². The molecule has 0 radical (unpaired) electrons. The number of ether oxygens (including phenoxy) is 1. The molecule has 24 nitrogen and oxygen atoms in total. The van der Waals surface area contributed by atoms with Crippen LogP contribution >= 0.6 is 0 Å². The molecular weight excluding hydrogens is 1450 g/mol. The molecule has 115 heavy (non-hydrogen) atoms. The largest absolute Gasteiger partial charge is 0.508 e. The van der Waals surface area contributed by atoms with Crippen LogP contribution in [0.25, 0.3) is 16.8 Å². The van der Waals surface area contributed by atoms with Crippen LogP contribution in [0.3, 0.4) is 0 Å². The van der Waals surface area contributed by atoms with Gasteiger partial charge in [0.1, 0.15) is 40.3 Å². The lowest BCUT2D eigenvalue weighted by molar-refractivity contribution is 0.251.